The quantitative estimate of drug-likeness (QED) is 0.685. The number of carbonyl (C=O) groups is 1. The molecular weight excluding hydrogens is 180 g/mol. The topological polar surface area (TPSA) is 43.8 Å². The van der Waals surface area contributed by atoms with Crippen molar-refractivity contribution in [2.75, 3.05) is 33.3 Å². The Morgan fingerprint density at radius 3 is 2.71 bits per heavy atom. The molecule has 0 aromatic rings. The first-order valence-electron chi connectivity index (χ1n) is 5.15. The third kappa shape index (κ3) is 2.45. The fourth-order valence-electron chi connectivity index (χ4n) is 1.91. The molecule has 82 valence electrons. The lowest BCUT2D eigenvalue weighted by Gasteiger charge is -2.40. The summed E-state index contributed by atoms with van der Waals surface area (Å²) in [6, 6.07) is 0.280. The largest absolute Gasteiger partial charge is 0.395 e. The van der Waals surface area contributed by atoms with E-state index in [1.807, 2.05) is 16.8 Å². The zero-order valence-corrected chi connectivity index (χ0v) is 9.23. The molecule has 0 saturated carbocycles. The number of aliphatic hydroxyl groups excluding tert-OH is 1. The first kappa shape index (κ1) is 11.5. The summed E-state index contributed by atoms with van der Waals surface area (Å²) in [6.07, 6.45) is 0. The minimum atomic E-state index is 0.127. The fourth-order valence-corrected chi connectivity index (χ4v) is 1.91. The molecule has 1 rings (SSSR count). The van der Waals surface area contributed by atoms with Gasteiger partial charge in [0.15, 0.2) is 0 Å². The summed E-state index contributed by atoms with van der Waals surface area (Å²) in [4.78, 5) is 15.4. The maximum atomic E-state index is 11.6. The molecule has 1 atom stereocenters. The van der Waals surface area contributed by atoms with Gasteiger partial charge in [0.2, 0.25) is 5.91 Å². The average molecular weight is 200 g/mol. The smallest absolute Gasteiger partial charge is 0.236 e. The van der Waals surface area contributed by atoms with Gasteiger partial charge < -0.3 is 10.0 Å². The molecule has 1 heterocycles. The number of nitrogens with zero attached hydrogens (tertiary/aromatic N) is 2. The number of hydrogen-bond donors (Lipinski definition) is 1. The van der Waals surface area contributed by atoms with Gasteiger partial charge in [0.1, 0.15) is 0 Å². The summed E-state index contributed by atoms with van der Waals surface area (Å²) < 4.78 is 0. The molecule has 1 aliphatic heterocycles. The SMILES string of the molecule is CC(C)C1CN(CCO)CC(=O)N1C. The molecule has 1 amide bonds. The molecule has 1 unspecified atom stereocenters. The van der Waals surface area contributed by atoms with Crippen LogP contribution in [0.15, 0.2) is 0 Å². The molecule has 4 heteroatoms. The predicted octanol–water partition coefficient (Wildman–Crippen LogP) is -0.223. The predicted molar refractivity (Wildman–Crippen MR) is 54.9 cm³/mol. The van der Waals surface area contributed by atoms with Crippen LogP contribution in [0.4, 0.5) is 0 Å². The standard InChI is InChI=1S/C10H20N2O2/c1-8(2)9-6-12(4-5-13)7-10(14)11(9)3/h8-9,13H,4-7H2,1-3H3. The molecule has 0 aromatic carbocycles. The Morgan fingerprint density at radius 2 is 2.21 bits per heavy atom. The van der Waals surface area contributed by atoms with Gasteiger partial charge in [-0.05, 0) is 5.92 Å². The Hall–Kier alpha value is -0.610. The lowest BCUT2D eigenvalue weighted by molar-refractivity contribution is -0.139. The minimum Gasteiger partial charge on any atom is -0.395 e. The summed E-state index contributed by atoms with van der Waals surface area (Å²) in [7, 11) is 1.86. The molecule has 0 bridgehead atoms. The molecular formula is C10H20N2O2. The second-order valence-corrected chi connectivity index (χ2v) is 4.27. The van der Waals surface area contributed by atoms with E-state index in [4.69, 9.17) is 5.11 Å². The molecule has 14 heavy (non-hydrogen) atoms. The van der Waals surface area contributed by atoms with Gasteiger partial charge in [-0.25, -0.2) is 0 Å². The van der Waals surface area contributed by atoms with Crippen molar-refractivity contribution in [2.24, 2.45) is 5.92 Å². The highest BCUT2D eigenvalue weighted by molar-refractivity contribution is 5.79. The van der Waals surface area contributed by atoms with E-state index >= 15 is 0 Å². The van der Waals surface area contributed by atoms with Gasteiger partial charge in [-0.1, -0.05) is 13.8 Å². The number of β-amino-alcohol motifs (C(OH)–C–C–N with tert-alkyl or cyclic N) is 1. The first-order chi connectivity index (χ1) is 6.56. The lowest BCUT2D eigenvalue weighted by Crippen LogP contribution is -2.57. The van der Waals surface area contributed by atoms with Crippen LogP contribution < -0.4 is 0 Å². The van der Waals surface area contributed by atoms with Crippen molar-refractivity contribution in [3.8, 4) is 0 Å². The second kappa shape index (κ2) is 4.75. The van der Waals surface area contributed by atoms with Crippen molar-refractivity contribution in [1.82, 2.24) is 9.80 Å². The third-order valence-electron chi connectivity index (χ3n) is 2.88. The van der Waals surface area contributed by atoms with Crippen LogP contribution in [0.5, 0.6) is 0 Å². The van der Waals surface area contributed by atoms with E-state index in [9.17, 15) is 4.79 Å². The first-order valence-corrected chi connectivity index (χ1v) is 5.15. The van der Waals surface area contributed by atoms with Crippen molar-refractivity contribution < 1.29 is 9.90 Å². The van der Waals surface area contributed by atoms with Gasteiger partial charge in [-0.15, -0.1) is 0 Å². The van der Waals surface area contributed by atoms with E-state index in [1.165, 1.54) is 0 Å². The maximum Gasteiger partial charge on any atom is 0.236 e. The highest BCUT2D eigenvalue weighted by atomic mass is 16.3. The van der Waals surface area contributed by atoms with Crippen LogP contribution in [0.3, 0.4) is 0 Å². The summed E-state index contributed by atoms with van der Waals surface area (Å²) in [6.45, 7) is 6.29. The maximum absolute atomic E-state index is 11.6. The number of likely N-dealkylation sites (N-methyl/N-ethyl adjacent to an activating group) is 1. The number of piperazine rings is 1. The molecule has 0 aliphatic carbocycles. The normalized spacial score (nSPS) is 24.8. The Kier molecular flexibility index (Phi) is 3.89. The number of aliphatic hydroxyl groups is 1. The van der Waals surface area contributed by atoms with E-state index in [2.05, 4.69) is 13.8 Å². The Bertz CT molecular complexity index is 206. The van der Waals surface area contributed by atoms with E-state index < -0.39 is 0 Å². The highest BCUT2D eigenvalue weighted by Crippen LogP contribution is 2.15. The number of hydrogen-bond acceptors (Lipinski definition) is 3. The Morgan fingerprint density at radius 1 is 1.57 bits per heavy atom. The summed E-state index contributed by atoms with van der Waals surface area (Å²) in [5, 5.41) is 8.83. The molecule has 1 N–H and O–H groups in total. The van der Waals surface area contributed by atoms with Crippen molar-refractivity contribution in [2.45, 2.75) is 19.9 Å². The number of rotatable bonds is 3. The zero-order valence-electron chi connectivity index (χ0n) is 9.23. The van der Waals surface area contributed by atoms with Crippen LogP contribution in [0.1, 0.15) is 13.8 Å². The van der Waals surface area contributed by atoms with Crippen molar-refractivity contribution >= 4 is 5.91 Å². The Balaban J connectivity index is 2.61. The van der Waals surface area contributed by atoms with Gasteiger partial charge in [0.05, 0.1) is 13.2 Å². The average Bonchev–Trinajstić information content (AvgIpc) is 2.11. The molecule has 0 spiro atoms. The molecule has 1 fully saturated rings. The molecule has 4 nitrogen and oxygen atoms in total. The summed E-state index contributed by atoms with van der Waals surface area (Å²) in [5.74, 6) is 0.619. The van der Waals surface area contributed by atoms with Crippen molar-refractivity contribution in [1.29, 1.82) is 0 Å². The van der Waals surface area contributed by atoms with Crippen LogP contribution in [0.2, 0.25) is 0 Å². The summed E-state index contributed by atoms with van der Waals surface area (Å²) >= 11 is 0. The third-order valence-corrected chi connectivity index (χ3v) is 2.88. The van der Waals surface area contributed by atoms with E-state index in [0.717, 1.165) is 6.54 Å². The fraction of sp³-hybridized carbons (Fsp3) is 0.900. The number of carbonyl (C=O) groups excluding carboxylic acids is 1. The van der Waals surface area contributed by atoms with Crippen LogP contribution in [0.25, 0.3) is 0 Å². The van der Waals surface area contributed by atoms with Crippen LogP contribution in [-0.2, 0) is 4.79 Å². The molecule has 1 aliphatic rings. The van der Waals surface area contributed by atoms with Crippen molar-refractivity contribution in [3.05, 3.63) is 0 Å². The summed E-state index contributed by atoms with van der Waals surface area (Å²) in [5.41, 5.74) is 0. The van der Waals surface area contributed by atoms with Gasteiger partial charge >= 0.3 is 0 Å². The zero-order chi connectivity index (χ0) is 10.7. The van der Waals surface area contributed by atoms with Gasteiger partial charge in [0, 0.05) is 26.2 Å². The lowest BCUT2D eigenvalue weighted by atomic mass is 10.00. The molecule has 0 radical (unpaired) electrons. The monoisotopic (exact) mass is 200 g/mol. The van der Waals surface area contributed by atoms with E-state index in [1.54, 1.807) is 0 Å². The molecule has 1 saturated heterocycles. The van der Waals surface area contributed by atoms with Gasteiger partial charge in [-0.2, -0.15) is 0 Å². The van der Waals surface area contributed by atoms with Crippen LogP contribution in [-0.4, -0.2) is 60.1 Å². The van der Waals surface area contributed by atoms with Gasteiger partial charge in [-0.3, -0.25) is 9.69 Å². The van der Waals surface area contributed by atoms with E-state index in [-0.39, 0.29) is 18.6 Å². The second-order valence-electron chi connectivity index (χ2n) is 4.27. The number of amides is 1. The molecule has 0 aromatic heterocycles. The minimum absolute atomic E-state index is 0.127. The van der Waals surface area contributed by atoms with Gasteiger partial charge in [0.25, 0.3) is 0 Å². The highest BCUT2D eigenvalue weighted by Gasteiger charge is 2.31. The van der Waals surface area contributed by atoms with Crippen molar-refractivity contribution in [3.63, 3.8) is 0 Å². The Labute approximate surface area is 85.5 Å². The van der Waals surface area contributed by atoms with E-state index in [0.29, 0.717) is 19.0 Å². The van der Waals surface area contributed by atoms with Crippen LogP contribution >= 0.6 is 0 Å². The van der Waals surface area contributed by atoms with Crippen LogP contribution in [0, 0.1) is 5.92 Å².